The van der Waals surface area contributed by atoms with Crippen molar-refractivity contribution in [1.29, 1.82) is 0 Å². The SMILES string of the molecule is O=C(CCc1ccccc1)Nc1nc(C(=O)Nc2cccnc2Cl)cs1. The first-order chi connectivity index (χ1) is 12.6. The van der Waals surface area contributed by atoms with Gasteiger partial charge in [0.25, 0.3) is 5.91 Å². The number of benzene rings is 1. The van der Waals surface area contributed by atoms with Crippen molar-refractivity contribution >= 4 is 45.6 Å². The molecule has 2 N–H and O–H groups in total. The zero-order valence-corrected chi connectivity index (χ0v) is 15.2. The first-order valence-electron chi connectivity index (χ1n) is 7.83. The lowest BCUT2D eigenvalue weighted by Gasteiger charge is -2.04. The third-order valence-electron chi connectivity index (χ3n) is 3.47. The van der Waals surface area contributed by atoms with Crippen LogP contribution in [0.15, 0.2) is 54.0 Å². The Morgan fingerprint density at radius 3 is 2.65 bits per heavy atom. The van der Waals surface area contributed by atoms with E-state index in [0.717, 1.165) is 5.56 Å². The molecular weight excluding hydrogens is 372 g/mol. The summed E-state index contributed by atoms with van der Waals surface area (Å²) in [6.45, 7) is 0. The molecule has 2 heterocycles. The molecule has 0 radical (unpaired) electrons. The van der Waals surface area contributed by atoms with Crippen molar-refractivity contribution in [3.63, 3.8) is 0 Å². The van der Waals surface area contributed by atoms with Crippen molar-refractivity contribution < 1.29 is 9.59 Å². The summed E-state index contributed by atoms with van der Waals surface area (Å²) in [5.41, 5.74) is 1.70. The quantitative estimate of drug-likeness (QED) is 0.627. The number of hydrogen-bond acceptors (Lipinski definition) is 5. The normalized spacial score (nSPS) is 10.3. The number of thiazole rings is 1. The van der Waals surface area contributed by atoms with Gasteiger partial charge in [0.05, 0.1) is 5.69 Å². The summed E-state index contributed by atoms with van der Waals surface area (Å²) in [6.07, 6.45) is 2.52. The Morgan fingerprint density at radius 1 is 1.08 bits per heavy atom. The Balaban J connectivity index is 1.55. The number of carbonyl (C=O) groups excluding carboxylic acids is 2. The molecule has 0 bridgehead atoms. The molecule has 8 heteroatoms. The maximum absolute atomic E-state index is 12.2. The minimum Gasteiger partial charge on any atom is -0.318 e. The largest absolute Gasteiger partial charge is 0.318 e. The number of nitrogens with one attached hydrogen (secondary N) is 2. The molecule has 0 atom stereocenters. The molecule has 0 saturated heterocycles. The summed E-state index contributed by atoms with van der Waals surface area (Å²) in [6, 6.07) is 13.1. The summed E-state index contributed by atoms with van der Waals surface area (Å²) >= 11 is 7.10. The molecule has 0 aliphatic rings. The number of aromatic nitrogens is 2. The predicted molar refractivity (Wildman–Crippen MR) is 103 cm³/mol. The van der Waals surface area contributed by atoms with Gasteiger partial charge in [0.2, 0.25) is 5.91 Å². The van der Waals surface area contributed by atoms with E-state index in [1.807, 2.05) is 30.3 Å². The monoisotopic (exact) mass is 386 g/mol. The Hall–Kier alpha value is -2.77. The van der Waals surface area contributed by atoms with E-state index in [2.05, 4.69) is 20.6 Å². The number of rotatable bonds is 6. The Labute approximate surface area is 159 Å². The van der Waals surface area contributed by atoms with Crippen LogP contribution in [0, 0.1) is 0 Å². The zero-order valence-electron chi connectivity index (χ0n) is 13.6. The molecule has 3 rings (SSSR count). The highest BCUT2D eigenvalue weighted by Gasteiger charge is 2.14. The number of carbonyl (C=O) groups is 2. The van der Waals surface area contributed by atoms with E-state index in [0.29, 0.717) is 23.7 Å². The molecule has 0 fully saturated rings. The highest BCUT2D eigenvalue weighted by atomic mass is 35.5. The van der Waals surface area contributed by atoms with Gasteiger partial charge in [0.15, 0.2) is 10.3 Å². The van der Waals surface area contributed by atoms with Gasteiger partial charge in [-0.15, -0.1) is 11.3 Å². The molecule has 2 amide bonds. The smallest absolute Gasteiger partial charge is 0.275 e. The Morgan fingerprint density at radius 2 is 1.88 bits per heavy atom. The van der Waals surface area contributed by atoms with Crippen LogP contribution >= 0.6 is 22.9 Å². The van der Waals surface area contributed by atoms with Crippen LogP contribution in [0.1, 0.15) is 22.5 Å². The van der Waals surface area contributed by atoms with Crippen molar-refractivity contribution in [2.75, 3.05) is 10.6 Å². The third-order valence-corrected chi connectivity index (χ3v) is 4.53. The Kier molecular flexibility index (Phi) is 5.93. The summed E-state index contributed by atoms with van der Waals surface area (Å²) in [4.78, 5) is 32.3. The van der Waals surface area contributed by atoms with E-state index in [1.165, 1.54) is 17.5 Å². The zero-order chi connectivity index (χ0) is 18.4. The number of halogens is 1. The fourth-order valence-corrected chi connectivity index (χ4v) is 3.06. The first-order valence-corrected chi connectivity index (χ1v) is 9.09. The first kappa shape index (κ1) is 18.0. The molecule has 6 nitrogen and oxygen atoms in total. The predicted octanol–water partition coefficient (Wildman–Crippen LogP) is 4.02. The minimum absolute atomic E-state index is 0.148. The Bertz CT molecular complexity index is 914. The van der Waals surface area contributed by atoms with Gasteiger partial charge < -0.3 is 10.6 Å². The topological polar surface area (TPSA) is 84.0 Å². The standard InChI is InChI=1S/C18H15ClN4O2S/c19-16-13(7-4-10-20-16)21-17(25)14-11-26-18(22-14)23-15(24)9-8-12-5-2-1-3-6-12/h1-7,10-11H,8-9H2,(H,21,25)(H,22,23,24). The van der Waals surface area contributed by atoms with E-state index < -0.39 is 5.91 Å². The molecule has 0 spiro atoms. The van der Waals surface area contributed by atoms with Crippen LogP contribution in [0.5, 0.6) is 0 Å². The van der Waals surface area contributed by atoms with Crippen LogP contribution in [0.25, 0.3) is 0 Å². The second-order valence-corrected chi connectivity index (χ2v) is 6.58. The number of nitrogens with zero attached hydrogens (tertiary/aromatic N) is 2. The molecule has 0 aliphatic carbocycles. The average molecular weight is 387 g/mol. The van der Waals surface area contributed by atoms with Crippen molar-refractivity contribution in [2.24, 2.45) is 0 Å². The molecule has 3 aromatic rings. The highest BCUT2D eigenvalue weighted by molar-refractivity contribution is 7.14. The summed E-state index contributed by atoms with van der Waals surface area (Å²) < 4.78 is 0. The number of hydrogen-bond donors (Lipinski definition) is 2. The number of anilines is 2. The van der Waals surface area contributed by atoms with Crippen LogP contribution in [0.2, 0.25) is 5.15 Å². The molecule has 0 unspecified atom stereocenters. The van der Waals surface area contributed by atoms with Gasteiger partial charge in [-0.25, -0.2) is 9.97 Å². The van der Waals surface area contributed by atoms with Gasteiger partial charge in [-0.2, -0.15) is 0 Å². The molecule has 132 valence electrons. The maximum Gasteiger partial charge on any atom is 0.275 e. The van der Waals surface area contributed by atoms with Crippen LogP contribution in [0.4, 0.5) is 10.8 Å². The number of amides is 2. The maximum atomic E-state index is 12.2. The molecule has 0 saturated carbocycles. The lowest BCUT2D eigenvalue weighted by molar-refractivity contribution is -0.116. The van der Waals surface area contributed by atoms with Crippen LogP contribution in [-0.2, 0) is 11.2 Å². The van der Waals surface area contributed by atoms with Crippen LogP contribution < -0.4 is 10.6 Å². The van der Waals surface area contributed by atoms with E-state index in [9.17, 15) is 9.59 Å². The average Bonchev–Trinajstić information content (AvgIpc) is 3.11. The van der Waals surface area contributed by atoms with Gasteiger partial charge in [0, 0.05) is 18.0 Å². The second-order valence-electron chi connectivity index (χ2n) is 5.37. The fraction of sp³-hybridized carbons (Fsp3) is 0.111. The summed E-state index contributed by atoms with van der Waals surface area (Å²) in [7, 11) is 0. The van der Waals surface area contributed by atoms with E-state index >= 15 is 0 Å². The van der Waals surface area contributed by atoms with Crippen molar-refractivity contribution in [1.82, 2.24) is 9.97 Å². The fourth-order valence-electron chi connectivity index (χ4n) is 2.19. The van der Waals surface area contributed by atoms with Gasteiger partial charge in [-0.1, -0.05) is 41.9 Å². The minimum atomic E-state index is -0.416. The summed E-state index contributed by atoms with van der Waals surface area (Å²) in [5.74, 6) is -0.564. The second kappa shape index (κ2) is 8.55. The van der Waals surface area contributed by atoms with Gasteiger partial charge in [0.1, 0.15) is 5.69 Å². The van der Waals surface area contributed by atoms with Crippen LogP contribution in [-0.4, -0.2) is 21.8 Å². The lowest BCUT2D eigenvalue weighted by Crippen LogP contribution is -2.14. The van der Waals surface area contributed by atoms with E-state index in [4.69, 9.17) is 11.6 Å². The number of pyridine rings is 1. The van der Waals surface area contributed by atoms with Crippen molar-refractivity contribution in [2.45, 2.75) is 12.8 Å². The highest BCUT2D eigenvalue weighted by Crippen LogP contribution is 2.20. The molecule has 2 aromatic heterocycles. The number of aryl methyl sites for hydroxylation is 1. The van der Waals surface area contributed by atoms with Gasteiger partial charge in [-0.3, -0.25) is 9.59 Å². The lowest BCUT2D eigenvalue weighted by atomic mass is 10.1. The molecule has 1 aromatic carbocycles. The van der Waals surface area contributed by atoms with Gasteiger partial charge >= 0.3 is 0 Å². The summed E-state index contributed by atoms with van der Waals surface area (Å²) in [5, 5.41) is 7.51. The van der Waals surface area contributed by atoms with Crippen molar-refractivity contribution in [3.05, 3.63) is 70.5 Å². The molecular formula is C18H15ClN4O2S. The van der Waals surface area contributed by atoms with Crippen molar-refractivity contribution in [3.8, 4) is 0 Å². The van der Waals surface area contributed by atoms with Gasteiger partial charge in [-0.05, 0) is 24.1 Å². The van der Waals surface area contributed by atoms with E-state index in [1.54, 1.807) is 17.5 Å². The molecule has 26 heavy (non-hydrogen) atoms. The third kappa shape index (κ3) is 4.87. The van der Waals surface area contributed by atoms with Crippen LogP contribution in [0.3, 0.4) is 0 Å². The van der Waals surface area contributed by atoms with E-state index in [-0.39, 0.29) is 16.8 Å². The molecule has 0 aliphatic heterocycles.